The molecule has 6 heteroatoms. The van der Waals surface area contributed by atoms with Crippen LogP contribution in [0.3, 0.4) is 0 Å². The molecule has 72 valence electrons. The monoisotopic (exact) mass is 217 g/mol. The first-order valence-electron chi connectivity index (χ1n) is 3.81. The highest BCUT2D eigenvalue weighted by Crippen LogP contribution is 2.26. The molecule has 4 nitrogen and oxygen atoms in total. The van der Waals surface area contributed by atoms with Gasteiger partial charge in [-0.15, -0.1) is 11.3 Å². The minimum atomic E-state index is 0.0103. The summed E-state index contributed by atoms with van der Waals surface area (Å²) in [5, 5.41) is 13.4. The van der Waals surface area contributed by atoms with Gasteiger partial charge in [0.05, 0.1) is 5.25 Å². The molecule has 0 fully saturated rings. The first kappa shape index (κ1) is 10.3. The molecule has 0 radical (unpaired) electrons. The number of hydrogen-bond donors (Lipinski definition) is 2. The van der Waals surface area contributed by atoms with E-state index in [1.807, 2.05) is 12.3 Å². The van der Waals surface area contributed by atoms with Crippen molar-refractivity contribution in [1.82, 2.24) is 4.98 Å². The van der Waals surface area contributed by atoms with Crippen molar-refractivity contribution in [3.8, 4) is 0 Å². The third-order valence-electron chi connectivity index (χ3n) is 1.47. The quantitative estimate of drug-likeness (QED) is 0.265. The zero-order valence-corrected chi connectivity index (χ0v) is 8.81. The Labute approximate surface area is 84.9 Å². The zero-order valence-electron chi connectivity index (χ0n) is 7.17. The summed E-state index contributed by atoms with van der Waals surface area (Å²) >= 11 is 3.07. The van der Waals surface area contributed by atoms with Crippen molar-refractivity contribution >= 4 is 28.9 Å². The highest BCUT2D eigenvalue weighted by molar-refractivity contribution is 8.02. The van der Waals surface area contributed by atoms with E-state index in [0.29, 0.717) is 0 Å². The molecule has 3 N–H and O–H groups in total. The average molecular weight is 217 g/mol. The molecule has 0 saturated heterocycles. The number of nitrogens with zero attached hydrogens (tertiary/aromatic N) is 2. The summed E-state index contributed by atoms with van der Waals surface area (Å²) in [6.45, 7) is 1.99. The summed E-state index contributed by atoms with van der Waals surface area (Å²) in [5.41, 5.74) is 5.50. The Bertz CT molecular complexity index is 273. The van der Waals surface area contributed by atoms with Gasteiger partial charge in [0.1, 0.15) is 4.34 Å². The Morgan fingerprint density at radius 1 is 1.92 bits per heavy atom. The van der Waals surface area contributed by atoms with Gasteiger partial charge in [-0.25, -0.2) is 4.98 Å². The van der Waals surface area contributed by atoms with E-state index in [1.165, 1.54) is 11.8 Å². The van der Waals surface area contributed by atoms with Gasteiger partial charge in [0.2, 0.25) is 0 Å². The van der Waals surface area contributed by atoms with Crippen LogP contribution in [-0.2, 0) is 0 Å². The molecular weight excluding hydrogens is 206 g/mol. The molecule has 0 aliphatic rings. The molecule has 0 bridgehead atoms. The van der Waals surface area contributed by atoms with Crippen LogP contribution in [0.15, 0.2) is 21.1 Å². The fraction of sp³-hybridized carbons (Fsp3) is 0.429. The number of rotatable bonds is 4. The van der Waals surface area contributed by atoms with Crippen LogP contribution in [0.1, 0.15) is 13.3 Å². The second-order valence-corrected chi connectivity index (χ2v) is 4.68. The molecule has 1 atom stereocenters. The number of amidine groups is 1. The Morgan fingerprint density at radius 2 is 2.69 bits per heavy atom. The predicted octanol–water partition coefficient (Wildman–Crippen LogP) is 1.76. The summed E-state index contributed by atoms with van der Waals surface area (Å²) < 4.78 is 0.943. The normalized spacial score (nSPS) is 14.4. The molecule has 0 amide bonds. The van der Waals surface area contributed by atoms with Crippen LogP contribution in [0.2, 0.25) is 0 Å². The molecule has 1 aromatic heterocycles. The van der Waals surface area contributed by atoms with Crippen LogP contribution < -0.4 is 5.73 Å². The molecule has 0 saturated carbocycles. The fourth-order valence-corrected chi connectivity index (χ4v) is 2.60. The lowest BCUT2D eigenvalue weighted by Crippen LogP contribution is -2.25. The lowest BCUT2D eigenvalue weighted by molar-refractivity contribution is 0.317. The first-order valence-corrected chi connectivity index (χ1v) is 5.57. The third-order valence-corrected chi connectivity index (χ3v) is 3.78. The van der Waals surface area contributed by atoms with Crippen LogP contribution in [0.4, 0.5) is 0 Å². The molecule has 1 heterocycles. The molecule has 13 heavy (non-hydrogen) atoms. The molecule has 1 aromatic rings. The highest BCUT2D eigenvalue weighted by Gasteiger charge is 2.14. The number of nitrogens with two attached hydrogens (primary N) is 1. The number of hydrogen-bond acceptors (Lipinski definition) is 5. The van der Waals surface area contributed by atoms with E-state index >= 15 is 0 Å². The van der Waals surface area contributed by atoms with Crippen molar-refractivity contribution in [2.45, 2.75) is 22.9 Å². The average Bonchev–Trinajstić information content (AvgIpc) is 2.65. The van der Waals surface area contributed by atoms with Crippen LogP contribution in [0.25, 0.3) is 0 Å². The third kappa shape index (κ3) is 2.89. The van der Waals surface area contributed by atoms with E-state index in [4.69, 9.17) is 10.9 Å². The Kier molecular flexibility index (Phi) is 4.04. The molecule has 1 rings (SSSR count). The predicted molar refractivity (Wildman–Crippen MR) is 55.5 cm³/mol. The maximum absolute atomic E-state index is 8.50. The smallest absolute Gasteiger partial charge is 0.152 e. The van der Waals surface area contributed by atoms with Crippen molar-refractivity contribution in [3.63, 3.8) is 0 Å². The standard InChI is InChI=1S/C7H11N3OS2/c1-2-5(6(8)10-11)13-7-9-3-4-12-7/h3-5,11H,2H2,1H3,(H2,8,10). The van der Waals surface area contributed by atoms with Crippen molar-refractivity contribution in [2.24, 2.45) is 10.9 Å². The van der Waals surface area contributed by atoms with Crippen molar-refractivity contribution < 1.29 is 5.21 Å². The molecule has 0 aliphatic heterocycles. The van der Waals surface area contributed by atoms with Crippen LogP contribution in [0.5, 0.6) is 0 Å². The van der Waals surface area contributed by atoms with Gasteiger partial charge in [-0.2, -0.15) is 0 Å². The fourth-order valence-electron chi connectivity index (χ4n) is 0.807. The van der Waals surface area contributed by atoms with Crippen LogP contribution >= 0.6 is 23.1 Å². The summed E-state index contributed by atoms with van der Waals surface area (Å²) in [7, 11) is 0. The molecule has 0 spiro atoms. The van der Waals surface area contributed by atoms with E-state index < -0.39 is 0 Å². The van der Waals surface area contributed by atoms with Crippen molar-refractivity contribution in [1.29, 1.82) is 0 Å². The van der Waals surface area contributed by atoms with Crippen molar-refractivity contribution in [2.75, 3.05) is 0 Å². The zero-order chi connectivity index (χ0) is 9.68. The Balaban J connectivity index is 2.60. The highest BCUT2D eigenvalue weighted by atomic mass is 32.2. The second-order valence-electron chi connectivity index (χ2n) is 2.34. The summed E-state index contributed by atoms with van der Waals surface area (Å²) in [6, 6.07) is 0. The van der Waals surface area contributed by atoms with Gasteiger partial charge in [-0.05, 0) is 6.42 Å². The van der Waals surface area contributed by atoms with E-state index in [2.05, 4.69) is 10.1 Å². The molecule has 0 aliphatic carbocycles. The van der Waals surface area contributed by atoms with Gasteiger partial charge in [0.25, 0.3) is 0 Å². The first-order chi connectivity index (χ1) is 6.27. The van der Waals surface area contributed by atoms with Crippen molar-refractivity contribution in [3.05, 3.63) is 11.6 Å². The van der Waals surface area contributed by atoms with Gasteiger partial charge in [0.15, 0.2) is 5.84 Å². The van der Waals surface area contributed by atoms with E-state index in [0.717, 1.165) is 10.8 Å². The Morgan fingerprint density at radius 3 is 3.15 bits per heavy atom. The summed E-state index contributed by atoms with van der Waals surface area (Å²) in [5.74, 6) is 0.253. The van der Waals surface area contributed by atoms with Gasteiger partial charge in [0, 0.05) is 11.6 Å². The molecule has 0 aromatic carbocycles. The van der Waals surface area contributed by atoms with Gasteiger partial charge in [-0.3, -0.25) is 0 Å². The summed E-state index contributed by atoms with van der Waals surface area (Å²) in [6.07, 6.45) is 2.56. The van der Waals surface area contributed by atoms with E-state index in [9.17, 15) is 0 Å². The molecule has 1 unspecified atom stereocenters. The van der Waals surface area contributed by atoms with Gasteiger partial charge in [-0.1, -0.05) is 23.8 Å². The minimum absolute atomic E-state index is 0.0103. The lowest BCUT2D eigenvalue weighted by Gasteiger charge is -2.09. The van der Waals surface area contributed by atoms with E-state index in [-0.39, 0.29) is 11.1 Å². The van der Waals surface area contributed by atoms with Crippen LogP contribution in [0, 0.1) is 0 Å². The van der Waals surface area contributed by atoms with Crippen LogP contribution in [-0.4, -0.2) is 21.3 Å². The summed E-state index contributed by atoms with van der Waals surface area (Å²) in [4.78, 5) is 4.11. The number of aromatic nitrogens is 1. The second kappa shape index (κ2) is 5.08. The molecular formula is C7H11N3OS2. The minimum Gasteiger partial charge on any atom is -0.409 e. The number of thioether (sulfide) groups is 1. The largest absolute Gasteiger partial charge is 0.409 e. The topological polar surface area (TPSA) is 71.5 Å². The number of thiazole rings is 1. The maximum Gasteiger partial charge on any atom is 0.152 e. The number of oxime groups is 1. The van der Waals surface area contributed by atoms with Gasteiger partial charge < -0.3 is 10.9 Å². The van der Waals surface area contributed by atoms with E-state index in [1.54, 1.807) is 17.5 Å². The Hall–Kier alpha value is -0.750. The lowest BCUT2D eigenvalue weighted by atomic mass is 10.3. The maximum atomic E-state index is 8.50. The SMILES string of the molecule is CCC(Sc1nccs1)C(N)=NO. The van der Waals surface area contributed by atoms with Gasteiger partial charge >= 0.3 is 0 Å².